The maximum absolute atomic E-state index is 13.3. The molecule has 1 aromatic rings. The van der Waals surface area contributed by atoms with Crippen LogP contribution in [0.25, 0.3) is 0 Å². The first-order valence-electron chi connectivity index (χ1n) is 10.5. The second-order valence-corrected chi connectivity index (χ2v) is 8.27. The highest BCUT2D eigenvalue weighted by molar-refractivity contribution is 5.97. The number of carbonyl (C=O) groups is 2. The van der Waals surface area contributed by atoms with Gasteiger partial charge in [0.05, 0.1) is 18.1 Å². The molecule has 2 atom stereocenters. The minimum atomic E-state index is -0.0449. The maximum atomic E-state index is 13.3. The topological polar surface area (TPSA) is 49.9 Å². The predicted octanol–water partition coefficient (Wildman–Crippen LogP) is 3.34. The fraction of sp³-hybridized carbons (Fsp3) is 0.636. The first-order valence-corrected chi connectivity index (χ1v) is 10.5. The van der Waals surface area contributed by atoms with Crippen molar-refractivity contribution >= 4 is 11.8 Å². The molecule has 3 saturated heterocycles. The van der Waals surface area contributed by atoms with Crippen LogP contribution in [0.2, 0.25) is 0 Å². The molecule has 0 spiro atoms. The molecule has 5 heteroatoms. The van der Waals surface area contributed by atoms with Crippen molar-refractivity contribution in [3.8, 4) is 5.75 Å². The molecule has 0 N–H and O–H groups in total. The fourth-order valence-corrected chi connectivity index (χ4v) is 4.55. The van der Waals surface area contributed by atoms with Crippen molar-refractivity contribution in [1.82, 2.24) is 9.80 Å². The molecule has 0 aromatic heterocycles. The zero-order valence-electron chi connectivity index (χ0n) is 16.2. The molecular formula is C22H30N2O3. The Kier molecular flexibility index (Phi) is 5.37. The van der Waals surface area contributed by atoms with Crippen LogP contribution < -0.4 is 4.74 Å². The van der Waals surface area contributed by atoms with E-state index in [0.717, 1.165) is 25.8 Å². The van der Waals surface area contributed by atoms with Crippen molar-refractivity contribution in [1.29, 1.82) is 0 Å². The van der Waals surface area contributed by atoms with Crippen LogP contribution in [0.4, 0.5) is 0 Å². The maximum Gasteiger partial charge on any atom is 0.257 e. The Balaban J connectivity index is 1.52. The predicted molar refractivity (Wildman–Crippen MR) is 104 cm³/mol. The average Bonchev–Trinajstić information content (AvgIpc) is 2.94. The van der Waals surface area contributed by atoms with Gasteiger partial charge in [-0.3, -0.25) is 9.59 Å². The van der Waals surface area contributed by atoms with Gasteiger partial charge in [-0.15, -0.1) is 0 Å². The summed E-state index contributed by atoms with van der Waals surface area (Å²) in [4.78, 5) is 30.2. The average molecular weight is 370 g/mol. The molecular weight excluding hydrogens is 340 g/mol. The Morgan fingerprint density at radius 2 is 1.96 bits per heavy atom. The van der Waals surface area contributed by atoms with Gasteiger partial charge in [0.25, 0.3) is 5.91 Å². The molecule has 2 bridgehead atoms. The summed E-state index contributed by atoms with van der Waals surface area (Å²) in [6.45, 7) is 4.73. The minimum absolute atomic E-state index is 0.00287. The van der Waals surface area contributed by atoms with E-state index >= 15 is 0 Å². The number of piperidine rings is 1. The molecule has 27 heavy (non-hydrogen) atoms. The molecule has 2 amide bonds. The quantitative estimate of drug-likeness (QED) is 0.772. The van der Waals surface area contributed by atoms with Crippen LogP contribution in [-0.4, -0.2) is 53.9 Å². The first kappa shape index (κ1) is 18.3. The van der Waals surface area contributed by atoms with E-state index in [9.17, 15) is 9.59 Å². The highest BCUT2D eigenvalue weighted by atomic mass is 16.5. The molecule has 5 nitrogen and oxygen atoms in total. The van der Waals surface area contributed by atoms with Crippen molar-refractivity contribution in [3.63, 3.8) is 0 Å². The molecule has 4 aliphatic rings. The summed E-state index contributed by atoms with van der Waals surface area (Å²) in [5, 5.41) is 0. The summed E-state index contributed by atoms with van der Waals surface area (Å²) < 4.78 is 5.79. The third kappa shape index (κ3) is 3.69. The smallest absolute Gasteiger partial charge is 0.257 e. The summed E-state index contributed by atoms with van der Waals surface area (Å²) in [7, 11) is 0. The lowest BCUT2D eigenvalue weighted by Gasteiger charge is -2.40. The number of fused-ring (bicyclic) bond motifs is 4. The minimum Gasteiger partial charge on any atom is -0.493 e. The molecule has 0 radical (unpaired) electrons. The number of benzene rings is 1. The summed E-state index contributed by atoms with van der Waals surface area (Å²) in [5.74, 6) is 1.54. The number of amides is 2. The van der Waals surface area contributed by atoms with E-state index < -0.39 is 0 Å². The second kappa shape index (κ2) is 7.91. The Hall–Kier alpha value is -2.04. The van der Waals surface area contributed by atoms with Gasteiger partial charge in [-0.2, -0.15) is 0 Å². The Bertz CT molecular complexity index is 701. The van der Waals surface area contributed by atoms with E-state index in [4.69, 9.17) is 4.74 Å². The van der Waals surface area contributed by atoms with E-state index in [1.54, 1.807) is 0 Å². The lowest BCUT2D eigenvalue weighted by Crippen LogP contribution is -2.50. The van der Waals surface area contributed by atoms with E-state index in [0.29, 0.717) is 36.9 Å². The zero-order valence-corrected chi connectivity index (χ0v) is 16.2. The number of carbonyl (C=O) groups excluding carboxylic acids is 2. The van der Waals surface area contributed by atoms with Gasteiger partial charge < -0.3 is 14.5 Å². The first-order chi connectivity index (χ1) is 13.2. The van der Waals surface area contributed by atoms with E-state index in [1.165, 1.54) is 19.3 Å². The summed E-state index contributed by atoms with van der Waals surface area (Å²) >= 11 is 0. The molecule has 5 rings (SSSR count). The van der Waals surface area contributed by atoms with E-state index in [-0.39, 0.29) is 23.8 Å². The SMILES string of the molecule is CCCOc1ccccc1C(=O)N1C[C@@H]2CC[C@H](C1)N(CC1CCC1)C2=O. The number of nitrogens with zero attached hydrogens (tertiary/aromatic N) is 2. The number of ether oxygens (including phenoxy) is 1. The monoisotopic (exact) mass is 370 g/mol. The summed E-state index contributed by atoms with van der Waals surface area (Å²) in [6, 6.07) is 7.66. The van der Waals surface area contributed by atoms with Crippen LogP contribution in [-0.2, 0) is 4.79 Å². The van der Waals surface area contributed by atoms with Crippen molar-refractivity contribution in [2.75, 3.05) is 26.2 Å². The third-order valence-corrected chi connectivity index (χ3v) is 6.34. The van der Waals surface area contributed by atoms with Crippen molar-refractivity contribution < 1.29 is 14.3 Å². The molecule has 1 aromatic carbocycles. The van der Waals surface area contributed by atoms with Gasteiger partial charge in [0.15, 0.2) is 0 Å². The lowest BCUT2D eigenvalue weighted by atomic mass is 9.83. The Morgan fingerprint density at radius 3 is 2.70 bits per heavy atom. The van der Waals surface area contributed by atoms with Crippen LogP contribution >= 0.6 is 0 Å². The van der Waals surface area contributed by atoms with Gasteiger partial charge in [-0.1, -0.05) is 25.5 Å². The highest BCUT2D eigenvalue weighted by Gasteiger charge is 2.43. The van der Waals surface area contributed by atoms with Gasteiger partial charge in [-0.05, 0) is 50.2 Å². The zero-order chi connectivity index (χ0) is 18.8. The normalized spacial score (nSPS) is 25.3. The van der Waals surface area contributed by atoms with Crippen LogP contribution in [0.15, 0.2) is 24.3 Å². The van der Waals surface area contributed by atoms with Crippen molar-refractivity contribution in [2.45, 2.75) is 51.5 Å². The summed E-state index contributed by atoms with van der Waals surface area (Å²) in [6.07, 6.45) is 6.60. The highest BCUT2D eigenvalue weighted by Crippen LogP contribution is 2.34. The molecule has 3 aliphatic heterocycles. The van der Waals surface area contributed by atoms with Gasteiger partial charge in [0.1, 0.15) is 5.75 Å². The standard InChI is InChI=1S/C22H30N2O3/c1-2-12-27-20-9-4-3-8-19(20)22(26)23-14-17-10-11-18(15-23)24(21(17)25)13-16-6-5-7-16/h3-4,8-9,16-18H,2,5-7,10-15H2,1H3/t17-,18+/m0/s1. The number of hydrogen-bond donors (Lipinski definition) is 0. The van der Waals surface area contributed by atoms with Gasteiger partial charge in [0.2, 0.25) is 5.91 Å². The number of hydrogen-bond acceptors (Lipinski definition) is 3. The van der Waals surface area contributed by atoms with Gasteiger partial charge in [-0.25, -0.2) is 0 Å². The second-order valence-electron chi connectivity index (χ2n) is 8.27. The largest absolute Gasteiger partial charge is 0.493 e. The molecule has 0 unspecified atom stereocenters. The van der Waals surface area contributed by atoms with Crippen LogP contribution in [0.1, 0.15) is 55.8 Å². The lowest BCUT2D eigenvalue weighted by molar-refractivity contribution is -0.141. The van der Waals surface area contributed by atoms with Crippen LogP contribution in [0.3, 0.4) is 0 Å². The fourth-order valence-electron chi connectivity index (χ4n) is 4.55. The Labute approximate surface area is 161 Å². The molecule has 1 saturated carbocycles. The molecule has 4 fully saturated rings. The van der Waals surface area contributed by atoms with Crippen LogP contribution in [0.5, 0.6) is 5.75 Å². The third-order valence-electron chi connectivity index (χ3n) is 6.34. The number of rotatable bonds is 6. The van der Waals surface area contributed by atoms with Gasteiger partial charge in [0, 0.05) is 25.7 Å². The van der Waals surface area contributed by atoms with E-state index in [2.05, 4.69) is 11.8 Å². The van der Waals surface area contributed by atoms with Crippen molar-refractivity contribution in [2.24, 2.45) is 11.8 Å². The van der Waals surface area contributed by atoms with E-state index in [1.807, 2.05) is 29.2 Å². The molecule has 3 heterocycles. The number of para-hydroxylation sites is 1. The summed E-state index contributed by atoms with van der Waals surface area (Å²) in [5.41, 5.74) is 0.616. The van der Waals surface area contributed by atoms with Gasteiger partial charge >= 0.3 is 0 Å². The van der Waals surface area contributed by atoms with Crippen LogP contribution in [0, 0.1) is 11.8 Å². The Morgan fingerprint density at radius 1 is 1.15 bits per heavy atom. The molecule has 146 valence electrons. The van der Waals surface area contributed by atoms with Crippen molar-refractivity contribution in [3.05, 3.63) is 29.8 Å². The molecule has 1 aliphatic carbocycles.